The van der Waals surface area contributed by atoms with Gasteiger partial charge in [-0.3, -0.25) is 9.80 Å². The second kappa shape index (κ2) is 18.1. The van der Waals surface area contributed by atoms with E-state index in [1.807, 2.05) is 30.6 Å². The van der Waals surface area contributed by atoms with Gasteiger partial charge in [0, 0.05) is 90.1 Å². The first-order valence-electron chi connectivity index (χ1n) is 23.3. The van der Waals surface area contributed by atoms with Crippen LogP contribution >= 0.6 is 0 Å². The summed E-state index contributed by atoms with van der Waals surface area (Å²) in [5, 5.41) is 22.5. The van der Waals surface area contributed by atoms with Gasteiger partial charge in [0.15, 0.2) is 0 Å². The molecule has 5 aromatic carbocycles. The van der Waals surface area contributed by atoms with Crippen LogP contribution in [-0.2, 0) is 24.2 Å². The van der Waals surface area contributed by atoms with Crippen molar-refractivity contribution in [2.45, 2.75) is 88.6 Å². The zero-order valence-electron chi connectivity index (χ0n) is 37.9. The maximum atomic E-state index is 13.0. The van der Waals surface area contributed by atoms with Gasteiger partial charge in [-0.15, -0.1) is 0 Å². The van der Waals surface area contributed by atoms with Crippen LogP contribution in [0, 0.1) is 6.92 Å². The summed E-state index contributed by atoms with van der Waals surface area (Å²) in [4.78, 5) is 36.8. The Morgan fingerprint density at radius 2 is 1.41 bits per heavy atom. The molecule has 11 heteroatoms. The Kier molecular flexibility index (Phi) is 11.9. The third-order valence-corrected chi connectivity index (χ3v) is 15.0. The minimum absolute atomic E-state index is 0.0137. The number of ether oxygens (including phenoxy) is 3. The number of benzene rings is 5. The number of methoxy groups -OCH3 is 2. The molecule has 0 bridgehead atoms. The molecule has 2 aromatic heterocycles. The van der Waals surface area contributed by atoms with Crippen molar-refractivity contribution < 1.29 is 34.0 Å². The molecule has 4 N–H and O–H groups in total. The van der Waals surface area contributed by atoms with E-state index in [2.05, 4.69) is 87.4 Å². The van der Waals surface area contributed by atoms with Crippen LogP contribution in [0.25, 0.3) is 21.8 Å². The minimum atomic E-state index is -0.959. The van der Waals surface area contributed by atoms with Crippen molar-refractivity contribution in [2.75, 3.05) is 33.9 Å². The molecule has 2 unspecified atom stereocenters. The minimum Gasteiger partial charge on any atom is -0.496 e. The maximum Gasteiger partial charge on any atom is 0.335 e. The summed E-state index contributed by atoms with van der Waals surface area (Å²) in [6.45, 7) is 5.83. The van der Waals surface area contributed by atoms with E-state index in [4.69, 9.17) is 14.2 Å². The number of piperidine rings is 2. The Hall–Kier alpha value is -6.40. The van der Waals surface area contributed by atoms with Crippen LogP contribution in [0.2, 0.25) is 0 Å². The monoisotopic (exact) mass is 886 g/mol. The van der Waals surface area contributed by atoms with E-state index in [9.17, 15) is 19.8 Å². The van der Waals surface area contributed by atoms with E-state index >= 15 is 0 Å². The summed E-state index contributed by atoms with van der Waals surface area (Å²) in [6.07, 6.45) is 10.0. The quantitative estimate of drug-likeness (QED) is 0.0891. The summed E-state index contributed by atoms with van der Waals surface area (Å²) in [6, 6.07) is 32.4. The molecule has 4 atom stereocenters. The summed E-state index contributed by atoms with van der Waals surface area (Å²) in [5.41, 5.74) is 10.9. The van der Waals surface area contributed by atoms with Gasteiger partial charge in [-0.25, -0.2) is 9.59 Å². The van der Waals surface area contributed by atoms with Crippen LogP contribution in [0.5, 0.6) is 11.5 Å². The van der Waals surface area contributed by atoms with Gasteiger partial charge in [-0.1, -0.05) is 54.6 Å². The Labute approximate surface area is 385 Å². The fourth-order valence-corrected chi connectivity index (χ4v) is 11.5. The molecule has 3 fully saturated rings. The number of carbonyl (C=O) groups is 2. The van der Waals surface area contributed by atoms with Crippen LogP contribution in [-0.4, -0.2) is 81.4 Å². The highest BCUT2D eigenvalue weighted by atomic mass is 16.5. The van der Waals surface area contributed by atoms with Crippen molar-refractivity contribution in [3.63, 3.8) is 0 Å². The molecule has 3 saturated heterocycles. The van der Waals surface area contributed by atoms with Gasteiger partial charge in [-0.05, 0) is 134 Å². The van der Waals surface area contributed by atoms with E-state index < -0.39 is 11.9 Å². The Morgan fingerprint density at radius 1 is 0.727 bits per heavy atom. The fraction of sp³-hybridized carbons (Fsp3) is 0.345. The van der Waals surface area contributed by atoms with Gasteiger partial charge in [0.25, 0.3) is 0 Å². The second-order valence-corrected chi connectivity index (χ2v) is 18.6. The van der Waals surface area contributed by atoms with Crippen molar-refractivity contribution >= 4 is 33.7 Å². The molecule has 1 spiro atoms. The number of nitrogens with one attached hydrogen (secondary N) is 2. The van der Waals surface area contributed by atoms with Gasteiger partial charge in [-0.2, -0.15) is 0 Å². The van der Waals surface area contributed by atoms with Crippen molar-refractivity contribution in [3.05, 3.63) is 165 Å². The molecule has 0 saturated carbocycles. The largest absolute Gasteiger partial charge is 0.496 e. The van der Waals surface area contributed by atoms with Crippen LogP contribution in [0.1, 0.15) is 122 Å². The number of nitrogens with zero attached hydrogens (tertiary/aromatic N) is 2. The number of rotatable bonds is 13. The molecule has 66 heavy (non-hydrogen) atoms. The Morgan fingerprint density at radius 3 is 2.09 bits per heavy atom. The van der Waals surface area contributed by atoms with E-state index in [1.165, 1.54) is 5.56 Å². The van der Waals surface area contributed by atoms with Crippen molar-refractivity contribution in [1.82, 2.24) is 19.8 Å². The van der Waals surface area contributed by atoms with Crippen molar-refractivity contribution in [3.8, 4) is 11.5 Å². The van der Waals surface area contributed by atoms with Crippen LogP contribution < -0.4 is 9.47 Å². The van der Waals surface area contributed by atoms with Gasteiger partial charge in [0.2, 0.25) is 0 Å². The zero-order valence-corrected chi connectivity index (χ0v) is 37.9. The number of H-pyrrole nitrogens is 2. The van der Waals surface area contributed by atoms with E-state index in [0.29, 0.717) is 25.4 Å². The van der Waals surface area contributed by atoms with Crippen molar-refractivity contribution in [2.24, 2.45) is 0 Å². The average molecular weight is 887 g/mol. The molecule has 3 aliphatic rings. The van der Waals surface area contributed by atoms with Crippen molar-refractivity contribution in [1.29, 1.82) is 0 Å². The molecule has 0 radical (unpaired) electrons. The SMILES string of the molecule is COc1cc(C)c2[nH]ccc2c1CN1CCC2(CCCO2)CC1c1ccc(C(=O)O)c(Cc2cc(OC)c(CN3CC[C@H](c4ccccc4)C[C@H]3c3ccc(C(=O)O)cc3)c3cc[nH]c23)c1. The molecule has 340 valence electrons. The number of aryl methyl sites for hydroxylation is 1. The van der Waals surface area contributed by atoms with Crippen LogP contribution in [0.15, 0.2) is 109 Å². The standard InChI is InChI=1S/C55H58N4O7/c1-34-26-49(64-2)45(43-16-21-56-51(34)43)33-59-24-20-55(19-7-25-66-55)31-48(59)39-14-15-42(54(62)63)40(27-39)28-41-30-50(65-3)46(44-17-22-57-52(41)44)32-58-23-18-38(35-8-5-4-6-9-35)29-47(58)36-10-12-37(13-11-36)53(60)61/h4-6,8-17,21-22,26-27,30,38,47-48,56-57H,7,18-20,23-25,28-29,31-33H2,1-3H3,(H,60,61)(H,62,63)/t38-,47-,48?,55?/m0/s1. The van der Waals surface area contributed by atoms with E-state index in [1.54, 1.807) is 32.4 Å². The fourth-order valence-electron chi connectivity index (χ4n) is 11.5. The predicted octanol–water partition coefficient (Wildman–Crippen LogP) is 11.0. The number of aromatic nitrogens is 2. The molecule has 3 aliphatic heterocycles. The molecule has 11 nitrogen and oxygen atoms in total. The highest BCUT2D eigenvalue weighted by Crippen LogP contribution is 2.47. The molecule has 0 amide bonds. The molecule has 10 rings (SSSR count). The average Bonchev–Trinajstić information content (AvgIpc) is 4.14. The summed E-state index contributed by atoms with van der Waals surface area (Å²) in [7, 11) is 3.44. The smallest absolute Gasteiger partial charge is 0.335 e. The summed E-state index contributed by atoms with van der Waals surface area (Å²) in [5.74, 6) is 0.0786. The zero-order chi connectivity index (χ0) is 45.5. The Bertz CT molecular complexity index is 2900. The first-order chi connectivity index (χ1) is 32.1. The summed E-state index contributed by atoms with van der Waals surface area (Å²) >= 11 is 0. The van der Waals surface area contributed by atoms with Gasteiger partial charge < -0.3 is 34.4 Å². The molecular formula is C55H58N4O7. The predicted molar refractivity (Wildman–Crippen MR) is 256 cm³/mol. The summed E-state index contributed by atoms with van der Waals surface area (Å²) < 4.78 is 18.8. The van der Waals surface area contributed by atoms with E-state index in [-0.39, 0.29) is 28.8 Å². The van der Waals surface area contributed by atoms with Gasteiger partial charge >= 0.3 is 11.9 Å². The number of carboxylic acid groups (broad SMARTS) is 2. The molecule has 0 aliphatic carbocycles. The number of hydrogen-bond donors (Lipinski definition) is 4. The number of carboxylic acids is 2. The highest BCUT2D eigenvalue weighted by molar-refractivity contribution is 5.92. The number of likely N-dealkylation sites (tertiary alicyclic amines) is 2. The topological polar surface area (TPSA) is 140 Å². The second-order valence-electron chi connectivity index (χ2n) is 18.6. The third kappa shape index (κ3) is 8.25. The molecule has 7 aromatic rings. The number of fused-ring (bicyclic) bond motifs is 2. The number of aromatic carboxylic acids is 2. The van der Waals surface area contributed by atoms with Gasteiger partial charge in [0.1, 0.15) is 11.5 Å². The normalized spacial score (nSPS) is 21.5. The molecule has 5 heterocycles. The Balaban J connectivity index is 0.989. The van der Waals surface area contributed by atoms with Gasteiger partial charge in [0.05, 0.1) is 30.9 Å². The van der Waals surface area contributed by atoms with E-state index in [0.717, 1.165) is 130 Å². The third-order valence-electron chi connectivity index (χ3n) is 15.0. The first kappa shape index (κ1) is 43.5. The van der Waals surface area contributed by atoms with Crippen LogP contribution in [0.3, 0.4) is 0 Å². The lowest BCUT2D eigenvalue weighted by Gasteiger charge is -2.45. The maximum absolute atomic E-state index is 13.0. The number of aromatic amines is 2. The molecular weight excluding hydrogens is 829 g/mol. The first-order valence-corrected chi connectivity index (χ1v) is 23.3. The lowest BCUT2D eigenvalue weighted by molar-refractivity contribution is -0.0676. The number of hydrogen-bond acceptors (Lipinski definition) is 7. The highest BCUT2D eigenvalue weighted by Gasteiger charge is 2.44. The lowest BCUT2D eigenvalue weighted by Crippen LogP contribution is -2.45. The lowest BCUT2D eigenvalue weighted by atomic mass is 9.80. The van der Waals surface area contributed by atoms with Crippen LogP contribution in [0.4, 0.5) is 0 Å².